The molecule has 0 aromatic heterocycles. The number of esters is 2. The number of methoxy groups -OCH3 is 2. The number of nitrogens with zero attached hydrogens (tertiary/aromatic N) is 8. The molecule has 12 rings (SSSR count). The Bertz CT molecular complexity index is 3820. The summed E-state index contributed by atoms with van der Waals surface area (Å²) in [5, 5.41) is 21.0. The van der Waals surface area contributed by atoms with Crippen molar-refractivity contribution in [3.63, 3.8) is 0 Å². The first-order valence-corrected chi connectivity index (χ1v) is 38.3. The molecule has 0 spiro atoms. The van der Waals surface area contributed by atoms with Crippen LogP contribution in [-0.4, -0.2) is 253 Å². The molecule has 0 aliphatic carbocycles. The number of carbonyl (C=O) groups excluding carboxylic acids is 7. The summed E-state index contributed by atoms with van der Waals surface area (Å²) in [5.41, 5.74) is 5.46. The number of likely N-dealkylation sites (N-methyl/N-ethyl adjacent to an activating group) is 4. The molecule has 4 N–H and O–H groups in total. The van der Waals surface area contributed by atoms with Gasteiger partial charge < -0.3 is 55.0 Å². The van der Waals surface area contributed by atoms with Gasteiger partial charge >= 0.3 is 42.7 Å². The fourth-order valence-corrected chi connectivity index (χ4v) is 16.4. The third-order valence-corrected chi connectivity index (χ3v) is 22.3. The van der Waals surface area contributed by atoms with E-state index in [9.17, 15) is 52.6 Å². The van der Waals surface area contributed by atoms with Crippen molar-refractivity contribution in [3.05, 3.63) is 215 Å². The van der Waals surface area contributed by atoms with Gasteiger partial charge in [-0.3, -0.25) is 47.9 Å². The topological polar surface area (TPSA) is 280 Å². The van der Waals surface area contributed by atoms with E-state index in [1.165, 1.54) is 24.0 Å². The number of benzene rings is 6. The number of carboxylic acids is 2. The van der Waals surface area contributed by atoms with Crippen LogP contribution in [0.3, 0.4) is 0 Å². The number of hydrogen-bond acceptors (Lipinski definition) is 16. The molecule has 0 bridgehead atoms. The third-order valence-electron chi connectivity index (χ3n) is 22.3. The summed E-state index contributed by atoms with van der Waals surface area (Å²) in [7, 11) is 8.46. The van der Waals surface area contributed by atoms with E-state index in [0.29, 0.717) is 65.0 Å². The van der Waals surface area contributed by atoms with Gasteiger partial charge in [-0.05, 0) is 110 Å². The van der Waals surface area contributed by atoms with Crippen LogP contribution in [0.25, 0.3) is 0 Å². The number of likely N-dealkylation sites (tertiary alicyclic amines) is 2. The summed E-state index contributed by atoms with van der Waals surface area (Å²) in [5.74, 6) is -3.08. The van der Waals surface area contributed by atoms with Crippen molar-refractivity contribution >= 4 is 53.4 Å². The molecule has 9 atom stereocenters. The Morgan fingerprint density at radius 1 is 0.447 bits per heavy atom. The van der Waals surface area contributed by atoms with Crippen LogP contribution in [0, 0.1) is 35.5 Å². The summed E-state index contributed by atoms with van der Waals surface area (Å²) in [6, 6.07) is 59.7. The molecule has 6 aliphatic heterocycles. The van der Waals surface area contributed by atoms with Crippen LogP contribution in [0.5, 0.6) is 0 Å². The van der Waals surface area contributed by atoms with Crippen molar-refractivity contribution in [1.29, 1.82) is 0 Å². The molecule has 6 aromatic rings. The van der Waals surface area contributed by atoms with Gasteiger partial charge in [-0.25, -0.2) is 14.4 Å². The normalized spacial score (nSPS) is 19.8. The molecule has 6 heterocycles. The van der Waals surface area contributed by atoms with E-state index in [-0.39, 0.29) is 128 Å². The van der Waals surface area contributed by atoms with Gasteiger partial charge in [-0.1, -0.05) is 238 Å². The predicted molar refractivity (Wildman–Crippen MR) is 436 cm³/mol. The summed E-state index contributed by atoms with van der Waals surface area (Å²) in [4.78, 5) is 127. The minimum atomic E-state index is -1.00. The van der Waals surface area contributed by atoms with Gasteiger partial charge in [0.25, 0.3) is 0 Å². The Labute approximate surface area is 688 Å². The van der Waals surface area contributed by atoms with Crippen LogP contribution < -0.4 is 24.2 Å². The van der Waals surface area contributed by atoms with E-state index >= 15 is 0 Å². The number of nitrogens with one attached hydrogen (secondary N) is 1. The number of hydrogen-bond donors (Lipinski definition) is 3. The molecule has 3 unspecified atom stereocenters. The first-order chi connectivity index (χ1) is 53.2. The van der Waals surface area contributed by atoms with Crippen molar-refractivity contribution in [3.8, 4) is 0 Å². The van der Waals surface area contributed by atoms with Gasteiger partial charge in [0, 0.05) is 84.7 Å². The van der Waals surface area contributed by atoms with E-state index in [0.717, 1.165) is 65.9 Å². The number of alkyl halides is 1. The van der Waals surface area contributed by atoms with Crippen molar-refractivity contribution < 1.29 is 92.9 Å². The summed E-state index contributed by atoms with van der Waals surface area (Å²) in [6.45, 7) is 17.0. The zero-order valence-corrected chi connectivity index (χ0v) is 67.4. The number of amides is 5. The van der Waals surface area contributed by atoms with Crippen LogP contribution in [0.2, 0.25) is 0 Å². The number of aliphatic carboxylic acids is 2. The number of ether oxygens (including phenoxy) is 2. The Morgan fingerprint density at radius 2 is 0.684 bits per heavy atom. The Balaban J connectivity index is 0.000000356. The molecule has 6 aromatic carbocycles. The second kappa shape index (κ2) is 45.2. The van der Waals surface area contributed by atoms with Crippen molar-refractivity contribution in [2.45, 2.75) is 142 Å². The Kier molecular flexibility index (Phi) is 37.9. The zero-order chi connectivity index (χ0) is 80.9. The SMILES string of the molecule is C.C.CC(C)[C@@H](C(=O)O)N(C)C(=O)C1CCN(C(=O)[C@@H]2CN2C(c2ccccc2)(c2ccccc2)c2ccccc2)CC1.CN1C[C@H]1C(=O)O.COC(=O)[C@H](C(C)C)N(C)C(=O)C1CCN(C(=O)[C@@H]2CN2C(c2ccccc2)(c2ccccc2)c2ccccc2)CC1.COC(=O)[C@H](C(C)C)N(C)C(=O)C1CCNCC1.[2H]CF.[Li+].[OH-]. The molecule has 25 heteroatoms. The maximum atomic E-state index is 14.0. The average molecular weight is 1570 g/mol. The molecule has 23 nitrogen and oxygen atoms in total. The summed E-state index contributed by atoms with van der Waals surface area (Å²) in [6.07, 6.45) is 3.91. The Morgan fingerprint density at radius 3 is 0.886 bits per heavy atom. The molecular formula is C89H123FLiN9O14. The number of carbonyl (C=O) groups is 9. The molecule has 0 saturated carbocycles. The van der Waals surface area contributed by atoms with Crippen LogP contribution in [-0.2, 0) is 63.7 Å². The Hall–Kier alpha value is -9.12. The van der Waals surface area contributed by atoms with Gasteiger partial charge in [-0.2, -0.15) is 0 Å². The van der Waals surface area contributed by atoms with Crippen molar-refractivity contribution in [2.24, 2.45) is 35.5 Å². The van der Waals surface area contributed by atoms with Crippen LogP contribution in [0.4, 0.5) is 4.39 Å². The minimum absolute atomic E-state index is 0. The number of rotatable bonds is 23. The molecular weight excluding hydrogens is 1440 g/mol. The van der Waals surface area contributed by atoms with Crippen LogP contribution in [0.1, 0.15) is 130 Å². The van der Waals surface area contributed by atoms with Gasteiger partial charge in [0.2, 0.25) is 29.5 Å². The fourth-order valence-electron chi connectivity index (χ4n) is 16.4. The maximum absolute atomic E-state index is 14.0. The quantitative estimate of drug-likeness (QED) is 0.0239. The number of halogens is 1. The van der Waals surface area contributed by atoms with Gasteiger partial charge in [0.05, 0.1) is 33.8 Å². The minimum Gasteiger partial charge on any atom is -0.870 e. The van der Waals surface area contributed by atoms with Gasteiger partial charge in [0.15, 0.2) is 0 Å². The molecule has 114 heavy (non-hydrogen) atoms. The smallest absolute Gasteiger partial charge is 0.870 e. The second-order valence-electron chi connectivity index (χ2n) is 30.3. The molecule has 6 aliphatic rings. The van der Waals surface area contributed by atoms with Crippen molar-refractivity contribution in [2.75, 3.05) is 108 Å². The average Bonchev–Trinajstić information content (AvgIpc) is 1.52. The third kappa shape index (κ3) is 22.7. The van der Waals surface area contributed by atoms with E-state index in [4.69, 9.17) is 16.0 Å². The largest absolute Gasteiger partial charge is 1.00 e. The summed E-state index contributed by atoms with van der Waals surface area (Å²) < 4.78 is 25.2. The molecule has 6 saturated heterocycles. The maximum Gasteiger partial charge on any atom is 1.00 e. The van der Waals surface area contributed by atoms with Gasteiger partial charge in [-0.15, -0.1) is 0 Å². The summed E-state index contributed by atoms with van der Waals surface area (Å²) >= 11 is 0. The standard InChI is InChI=1S/C35H41N3O4.C34H39N3O4.C13H24N2O3.C4H7NO2.CH3F.2CH4.Li.H2O/c1-25(2)31(34(41)42-4)36(3)32(39)26-20-22-37(23-21-26)33(40)30-24-38(30)35(27-14-8-5-9-15-27,28-16-10-6-11-17-28)29-18-12-7-13-19-29;1-24(2)30(33(40)41)35(3)31(38)25-19-21-36(22-20-25)32(39)29-23-37(29)34(26-13-7-4-8-14-26,27-15-9-5-10-16-27)28-17-11-6-12-18-28;1-9(2)11(13(17)18-4)15(3)12(16)10-5-7-14-8-6-10;1-5-2-3(5)4(6)7;1-2;;;;/h5-19,25-26,30-31H,20-24H2,1-4H3;4-18,24-25,29-30H,19-23H2,1-3H3,(H,40,41);9-11,14H,5-8H2,1-4H3;3H,2H2,1H3,(H,6,7);1H3;2*1H4;;1H2/q;;;;;;;+1;/p-1/t30-,31-,38?;29-,30-,37?;11-;3-,5?;;;;;/m0000...../s1/i;;;;1D;;;;. The van der Waals surface area contributed by atoms with E-state index in [2.05, 4.69) is 124 Å². The van der Waals surface area contributed by atoms with E-state index < -0.39 is 54.3 Å². The van der Waals surface area contributed by atoms with E-state index in [1.54, 1.807) is 38.0 Å². The van der Waals surface area contributed by atoms with E-state index in [1.807, 2.05) is 124 Å². The van der Waals surface area contributed by atoms with Gasteiger partial charge in [0.1, 0.15) is 36.3 Å². The van der Waals surface area contributed by atoms with Crippen molar-refractivity contribution in [1.82, 2.24) is 44.5 Å². The van der Waals surface area contributed by atoms with Crippen LogP contribution >= 0.6 is 0 Å². The van der Waals surface area contributed by atoms with Crippen LogP contribution in [0.15, 0.2) is 182 Å². The second-order valence-corrected chi connectivity index (χ2v) is 30.3. The molecule has 0 radical (unpaired) electrons. The first-order valence-electron chi connectivity index (χ1n) is 39.0. The fraction of sp³-hybridized carbons (Fsp3) is 0.494. The zero-order valence-electron chi connectivity index (χ0n) is 68.4. The monoisotopic (exact) mass is 1570 g/mol. The number of carboxylic acid groups (broad SMARTS) is 2. The molecule has 5 amide bonds. The molecule has 616 valence electrons. The predicted octanol–water partition coefficient (Wildman–Crippen LogP) is 7.74. The molecule has 6 fully saturated rings. The number of piperidine rings is 3. The first kappa shape index (κ1) is 95.5.